The van der Waals surface area contributed by atoms with Gasteiger partial charge >= 0.3 is 0 Å². The Labute approximate surface area is 169 Å². The summed E-state index contributed by atoms with van der Waals surface area (Å²) in [4.78, 5) is 28.7. The molecule has 6 nitrogen and oxygen atoms in total. The van der Waals surface area contributed by atoms with Crippen LogP contribution in [0.1, 0.15) is 45.1 Å². The monoisotopic (exact) mass is 385 g/mol. The van der Waals surface area contributed by atoms with Crippen LogP contribution in [0.25, 0.3) is 0 Å². The van der Waals surface area contributed by atoms with Crippen LogP contribution in [0.15, 0.2) is 12.4 Å². The summed E-state index contributed by atoms with van der Waals surface area (Å²) in [6, 6.07) is 1.13. The van der Waals surface area contributed by atoms with Crippen molar-refractivity contribution >= 4 is 11.7 Å². The number of piperazine rings is 1. The first-order valence-electron chi connectivity index (χ1n) is 10.9. The van der Waals surface area contributed by atoms with Crippen molar-refractivity contribution in [3.8, 4) is 0 Å². The van der Waals surface area contributed by atoms with Gasteiger partial charge in [-0.25, -0.2) is 9.97 Å². The van der Waals surface area contributed by atoms with Gasteiger partial charge in [0.15, 0.2) is 0 Å². The maximum atomic E-state index is 12.0. The zero-order valence-corrected chi connectivity index (χ0v) is 17.8. The van der Waals surface area contributed by atoms with Gasteiger partial charge in [0.25, 0.3) is 0 Å². The van der Waals surface area contributed by atoms with Crippen molar-refractivity contribution in [1.82, 2.24) is 19.8 Å². The highest BCUT2D eigenvalue weighted by molar-refractivity contribution is 5.83. The minimum atomic E-state index is 0.176. The maximum Gasteiger partial charge on any atom is 0.225 e. The molecule has 3 heterocycles. The van der Waals surface area contributed by atoms with Gasteiger partial charge in [-0.05, 0) is 45.7 Å². The summed E-state index contributed by atoms with van der Waals surface area (Å²) in [5.74, 6) is 2.48. The Hall–Kier alpha value is -1.53. The summed E-state index contributed by atoms with van der Waals surface area (Å²) in [6.07, 6.45) is 8.63. The normalized spacial score (nSPS) is 30.1. The van der Waals surface area contributed by atoms with Gasteiger partial charge < -0.3 is 14.7 Å². The van der Waals surface area contributed by atoms with E-state index in [2.05, 4.69) is 28.8 Å². The van der Waals surface area contributed by atoms with Crippen LogP contribution in [0.2, 0.25) is 0 Å². The van der Waals surface area contributed by atoms with Crippen LogP contribution >= 0.6 is 0 Å². The number of hydrogen-bond acceptors (Lipinski definition) is 6. The quantitative estimate of drug-likeness (QED) is 0.719. The molecular formula is C22H35N5O. The van der Waals surface area contributed by atoms with Gasteiger partial charge in [0.05, 0.1) is 0 Å². The van der Waals surface area contributed by atoms with Gasteiger partial charge in [-0.15, -0.1) is 0 Å². The zero-order valence-electron chi connectivity index (χ0n) is 17.8. The number of anilines is 1. The molecule has 1 aromatic rings. The third-order valence-electron chi connectivity index (χ3n) is 6.82. The first kappa shape index (κ1) is 19.8. The first-order chi connectivity index (χ1) is 13.4. The number of fused-ring (bicyclic) bond motifs is 2. The molecule has 0 radical (unpaired) electrons. The largest absolute Gasteiger partial charge is 0.332 e. The van der Waals surface area contributed by atoms with Gasteiger partial charge in [-0.2, -0.15) is 0 Å². The molecule has 4 rings (SSSR count). The second kappa shape index (κ2) is 8.07. The van der Waals surface area contributed by atoms with Crippen LogP contribution in [-0.4, -0.2) is 71.4 Å². The van der Waals surface area contributed by atoms with Crippen molar-refractivity contribution in [1.29, 1.82) is 0 Å². The Kier molecular flexibility index (Phi) is 5.70. The molecule has 2 bridgehead atoms. The third kappa shape index (κ3) is 4.08. The lowest BCUT2D eigenvalue weighted by Crippen LogP contribution is -2.53. The molecule has 28 heavy (non-hydrogen) atoms. The topological polar surface area (TPSA) is 52.6 Å². The lowest BCUT2D eigenvalue weighted by molar-refractivity contribution is -0.130. The number of hydrogen-bond donors (Lipinski definition) is 0. The Balaban J connectivity index is 1.27. The predicted octanol–water partition coefficient (Wildman–Crippen LogP) is 2.44. The summed E-state index contributed by atoms with van der Waals surface area (Å²) >= 11 is 0. The molecular weight excluding hydrogens is 350 g/mol. The van der Waals surface area contributed by atoms with Crippen LogP contribution in [0.4, 0.5) is 5.95 Å². The predicted molar refractivity (Wildman–Crippen MR) is 111 cm³/mol. The number of carbonyl (C=O) groups excluding carboxylic acids is 1. The third-order valence-corrected chi connectivity index (χ3v) is 6.82. The maximum absolute atomic E-state index is 12.0. The van der Waals surface area contributed by atoms with E-state index in [0.717, 1.165) is 45.0 Å². The molecule has 3 fully saturated rings. The lowest BCUT2D eigenvalue weighted by Gasteiger charge is -2.39. The number of Topliss-reactive ketones (excluding diaryl/α,β-unsaturated/α-hetero) is 1. The van der Waals surface area contributed by atoms with E-state index in [-0.39, 0.29) is 5.92 Å². The number of likely N-dealkylation sites (tertiary alicyclic amines) is 1. The van der Waals surface area contributed by atoms with Gasteiger partial charge in [-0.3, -0.25) is 4.79 Å². The zero-order chi connectivity index (χ0) is 19.8. The molecule has 1 aromatic heterocycles. The Morgan fingerprint density at radius 3 is 2.36 bits per heavy atom. The van der Waals surface area contributed by atoms with E-state index in [0.29, 0.717) is 29.7 Å². The second-order valence-electron chi connectivity index (χ2n) is 9.69. The minimum Gasteiger partial charge on any atom is -0.332 e. The number of likely N-dealkylation sites (N-methyl/N-ethyl adjacent to an activating group) is 1. The summed E-state index contributed by atoms with van der Waals surface area (Å²) in [6.45, 7) is 8.18. The Morgan fingerprint density at radius 2 is 1.79 bits per heavy atom. The van der Waals surface area contributed by atoms with E-state index in [1.54, 1.807) is 0 Å². The smallest absolute Gasteiger partial charge is 0.225 e. The van der Waals surface area contributed by atoms with E-state index >= 15 is 0 Å². The number of carbonyl (C=O) groups is 1. The fourth-order valence-corrected chi connectivity index (χ4v) is 5.41. The SMILES string of the molecule is CC(C)C(=O)C1CC(CN(C)Cc2cnc(N3C4CCC3CN(C)C4)nc2)C1. The summed E-state index contributed by atoms with van der Waals surface area (Å²) in [7, 11) is 4.37. The van der Waals surface area contributed by atoms with Crippen LogP contribution in [0.3, 0.4) is 0 Å². The summed E-state index contributed by atoms with van der Waals surface area (Å²) in [5.41, 5.74) is 1.17. The number of rotatable bonds is 7. The molecule has 154 valence electrons. The fraction of sp³-hybridized carbons (Fsp3) is 0.773. The summed E-state index contributed by atoms with van der Waals surface area (Å²) < 4.78 is 0. The average molecular weight is 386 g/mol. The average Bonchev–Trinajstić information content (AvgIpc) is 2.89. The lowest BCUT2D eigenvalue weighted by atomic mass is 9.70. The van der Waals surface area contributed by atoms with E-state index in [1.807, 2.05) is 26.2 Å². The first-order valence-corrected chi connectivity index (χ1v) is 10.9. The van der Waals surface area contributed by atoms with Crippen molar-refractivity contribution in [2.24, 2.45) is 17.8 Å². The number of nitrogens with zero attached hydrogens (tertiary/aromatic N) is 5. The standard InChI is InChI=1S/C22H35N5O/c1-15(2)21(28)18-7-16(8-18)11-25(3)12-17-9-23-22(24-10-17)27-19-5-6-20(27)14-26(4)13-19/h9-10,15-16,18-20H,5-8,11-14H2,1-4H3. The van der Waals surface area contributed by atoms with Gasteiger partial charge in [-0.1, -0.05) is 13.8 Å². The molecule has 1 saturated carbocycles. The number of aromatic nitrogens is 2. The highest BCUT2D eigenvalue weighted by atomic mass is 16.1. The molecule has 0 N–H and O–H groups in total. The molecule has 2 saturated heterocycles. The van der Waals surface area contributed by atoms with Gasteiger partial charge in [0.2, 0.25) is 5.95 Å². The molecule has 0 amide bonds. The van der Waals surface area contributed by atoms with Crippen molar-refractivity contribution < 1.29 is 4.79 Å². The van der Waals surface area contributed by atoms with E-state index in [4.69, 9.17) is 9.97 Å². The molecule has 3 aliphatic rings. The highest BCUT2D eigenvalue weighted by Gasteiger charge is 2.40. The van der Waals surface area contributed by atoms with Crippen LogP contribution < -0.4 is 4.90 Å². The second-order valence-corrected chi connectivity index (χ2v) is 9.69. The van der Waals surface area contributed by atoms with E-state index < -0.39 is 0 Å². The molecule has 2 aliphatic heterocycles. The molecule has 2 atom stereocenters. The Morgan fingerprint density at radius 1 is 1.18 bits per heavy atom. The molecule has 0 spiro atoms. The number of ketones is 1. The van der Waals surface area contributed by atoms with Crippen LogP contribution in [0, 0.1) is 17.8 Å². The molecule has 6 heteroatoms. The van der Waals surface area contributed by atoms with Crippen molar-refractivity contribution in [2.75, 3.05) is 38.6 Å². The van der Waals surface area contributed by atoms with Crippen molar-refractivity contribution in [3.63, 3.8) is 0 Å². The van der Waals surface area contributed by atoms with Gasteiger partial charge in [0.1, 0.15) is 5.78 Å². The van der Waals surface area contributed by atoms with Gasteiger partial charge in [0, 0.05) is 68.1 Å². The molecule has 1 aliphatic carbocycles. The fourth-order valence-electron chi connectivity index (χ4n) is 5.41. The Bertz CT molecular complexity index is 671. The van der Waals surface area contributed by atoms with E-state index in [9.17, 15) is 4.79 Å². The highest BCUT2D eigenvalue weighted by Crippen LogP contribution is 2.36. The van der Waals surface area contributed by atoms with Crippen LogP contribution in [-0.2, 0) is 11.3 Å². The van der Waals surface area contributed by atoms with Crippen molar-refractivity contribution in [3.05, 3.63) is 18.0 Å². The minimum absolute atomic E-state index is 0.176. The molecule has 0 aromatic carbocycles. The molecule has 2 unspecified atom stereocenters. The van der Waals surface area contributed by atoms with E-state index in [1.165, 1.54) is 18.4 Å². The summed E-state index contributed by atoms with van der Waals surface area (Å²) in [5, 5.41) is 0. The van der Waals surface area contributed by atoms with Crippen LogP contribution in [0.5, 0.6) is 0 Å². The van der Waals surface area contributed by atoms with Crippen molar-refractivity contribution in [2.45, 2.75) is 58.2 Å².